The SMILES string of the molecule is Cn1c(=O)[nH]c(=O)c2c1nc(Oc1cccc(OC(F)(F)F)c1)n2CCC(O)Cc1ccc(Cl)cc1. The molecule has 0 spiro atoms. The molecule has 0 aliphatic rings. The number of rotatable bonds is 8. The molecular weight excluding hydrogens is 505 g/mol. The average molecular weight is 525 g/mol. The van der Waals surface area contributed by atoms with E-state index in [2.05, 4.69) is 14.7 Å². The fourth-order valence-corrected chi connectivity index (χ4v) is 3.74. The minimum Gasteiger partial charge on any atom is -0.425 e. The summed E-state index contributed by atoms with van der Waals surface area (Å²) in [5, 5.41) is 11.1. The molecule has 9 nitrogen and oxygen atoms in total. The number of aromatic amines is 1. The number of fused-ring (bicyclic) bond motifs is 1. The number of nitrogens with one attached hydrogen (secondary N) is 1. The van der Waals surface area contributed by atoms with Crippen LogP contribution in [-0.4, -0.2) is 36.7 Å². The van der Waals surface area contributed by atoms with Crippen molar-refractivity contribution in [2.75, 3.05) is 0 Å². The number of hydrogen-bond donors (Lipinski definition) is 2. The van der Waals surface area contributed by atoms with Crippen molar-refractivity contribution in [1.29, 1.82) is 0 Å². The molecular formula is C23H20ClF3N4O5. The second-order valence-corrected chi connectivity index (χ2v) is 8.37. The predicted octanol–water partition coefficient (Wildman–Crippen LogP) is 3.76. The van der Waals surface area contributed by atoms with Gasteiger partial charge in [-0.15, -0.1) is 13.2 Å². The van der Waals surface area contributed by atoms with Gasteiger partial charge in [-0.25, -0.2) is 4.79 Å². The lowest BCUT2D eigenvalue weighted by atomic mass is 10.1. The van der Waals surface area contributed by atoms with Crippen LogP contribution in [0.3, 0.4) is 0 Å². The van der Waals surface area contributed by atoms with Crippen LogP contribution in [0.25, 0.3) is 11.2 Å². The predicted molar refractivity (Wildman–Crippen MR) is 125 cm³/mol. The third-order valence-corrected chi connectivity index (χ3v) is 5.54. The molecule has 0 bridgehead atoms. The molecule has 4 rings (SSSR count). The van der Waals surface area contributed by atoms with E-state index in [1.165, 1.54) is 23.7 Å². The molecule has 2 N–H and O–H groups in total. The van der Waals surface area contributed by atoms with Crippen LogP contribution >= 0.6 is 11.6 Å². The third-order valence-electron chi connectivity index (χ3n) is 5.29. The number of imidazole rings is 1. The zero-order valence-electron chi connectivity index (χ0n) is 18.8. The van der Waals surface area contributed by atoms with Crippen LogP contribution in [0, 0.1) is 0 Å². The van der Waals surface area contributed by atoms with Crippen molar-refractivity contribution < 1.29 is 27.8 Å². The van der Waals surface area contributed by atoms with E-state index >= 15 is 0 Å². The summed E-state index contributed by atoms with van der Waals surface area (Å²) in [5.41, 5.74) is -0.563. The van der Waals surface area contributed by atoms with Crippen molar-refractivity contribution in [3.8, 4) is 17.5 Å². The summed E-state index contributed by atoms with van der Waals surface area (Å²) in [7, 11) is 1.40. The van der Waals surface area contributed by atoms with Gasteiger partial charge in [0.2, 0.25) is 0 Å². The van der Waals surface area contributed by atoms with E-state index < -0.39 is 29.5 Å². The second-order valence-electron chi connectivity index (χ2n) is 7.93. The lowest BCUT2D eigenvalue weighted by Gasteiger charge is -2.14. The smallest absolute Gasteiger partial charge is 0.425 e. The summed E-state index contributed by atoms with van der Waals surface area (Å²) in [5.74, 6) is -0.553. The maximum atomic E-state index is 12.6. The van der Waals surface area contributed by atoms with Crippen LogP contribution in [0.1, 0.15) is 12.0 Å². The minimum absolute atomic E-state index is 0.00786. The molecule has 0 saturated carbocycles. The number of aryl methyl sites for hydroxylation is 2. The van der Waals surface area contributed by atoms with Gasteiger partial charge in [0.05, 0.1) is 6.10 Å². The number of hydrogen-bond acceptors (Lipinski definition) is 6. The summed E-state index contributed by atoms with van der Waals surface area (Å²) in [6.45, 7) is 0.0562. The number of aromatic nitrogens is 4. The quantitative estimate of drug-likeness (QED) is 0.363. The first-order chi connectivity index (χ1) is 17.0. The van der Waals surface area contributed by atoms with Crippen LogP contribution in [0.4, 0.5) is 13.2 Å². The van der Waals surface area contributed by atoms with Crippen molar-refractivity contribution >= 4 is 22.8 Å². The third kappa shape index (κ3) is 5.89. The summed E-state index contributed by atoms with van der Waals surface area (Å²) in [4.78, 5) is 31.1. The number of aliphatic hydroxyl groups is 1. The Hall–Kier alpha value is -3.77. The van der Waals surface area contributed by atoms with Crippen molar-refractivity contribution in [2.24, 2.45) is 7.05 Å². The topological polar surface area (TPSA) is 111 Å². The lowest BCUT2D eigenvalue weighted by Crippen LogP contribution is -2.29. The second kappa shape index (κ2) is 10.1. The van der Waals surface area contributed by atoms with Crippen LogP contribution in [0.2, 0.25) is 5.02 Å². The van der Waals surface area contributed by atoms with E-state index in [1.54, 1.807) is 24.3 Å². The standard InChI is InChI=1S/C23H20ClF3N4O5/c1-30-19-18(20(33)29-21(30)34)31(10-9-15(32)11-13-5-7-14(24)8-6-13)22(28-19)35-16-3-2-4-17(12-16)36-23(25,26)27/h2-8,12,15,32H,9-11H2,1H3,(H,29,33,34). The molecule has 0 aliphatic carbocycles. The summed E-state index contributed by atoms with van der Waals surface area (Å²) < 4.78 is 49.9. The van der Waals surface area contributed by atoms with Crippen LogP contribution in [-0.2, 0) is 20.0 Å². The Morgan fingerprint density at radius 3 is 2.53 bits per heavy atom. The molecule has 190 valence electrons. The Morgan fingerprint density at radius 2 is 1.83 bits per heavy atom. The van der Waals surface area contributed by atoms with E-state index in [9.17, 15) is 27.9 Å². The Bertz CT molecular complexity index is 1500. The number of alkyl halides is 3. The molecule has 0 aliphatic heterocycles. The summed E-state index contributed by atoms with van der Waals surface area (Å²) in [6.07, 6.45) is -5.22. The summed E-state index contributed by atoms with van der Waals surface area (Å²) >= 11 is 5.89. The van der Waals surface area contributed by atoms with Gasteiger partial charge >= 0.3 is 18.1 Å². The van der Waals surface area contributed by atoms with Gasteiger partial charge in [0, 0.05) is 24.7 Å². The summed E-state index contributed by atoms with van der Waals surface area (Å²) in [6, 6.07) is 11.6. The van der Waals surface area contributed by atoms with Crippen molar-refractivity contribution in [2.45, 2.75) is 31.9 Å². The molecule has 13 heteroatoms. The number of halogens is 4. The largest absolute Gasteiger partial charge is 0.573 e. The van der Waals surface area contributed by atoms with Gasteiger partial charge in [0.1, 0.15) is 11.5 Å². The molecule has 0 radical (unpaired) electrons. The van der Waals surface area contributed by atoms with E-state index in [4.69, 9.17) is 16.3 Å². The van der Waals surface area contributed by atoms with Gasteiger partial charge in [0.15, 0.2) is 11.2 Å². The Kier molecular flexibility index (Phi) is 7.09. The van der Waals surface area contributed by atoms with E-state index in [0.717, 1.165) is 22.3 Å². The Morgan fingerprint density at radius 1 is 1.14 bits per heavy atom. The number of aliphatic hydroxyl groups excluding tert-OH is 1. The van der Waals surface area contributed by atoms with E-state index in [0.29, 0.717) is 11.4 Å². The van der Waals surface area contributed by atoms with E-state index in [-0.39, 0.29) is 35.9 Å². The number of benzene rings is 2. The molecule has 2 heterocycles. The lowest BCUT2D eigenvalue weighted by molar-refractivity contribution is -0.274. The van der Waals surface area contributed by atoms with Crippen molar-refractivity contribution in [1.82, 2.24) is 19.1 Å². The highest BCUT2D eigenvalue weighted by Gasteiger charge is 2.31. The van der Waals surface area contributed by atoms with Crippen molar-refractivity contribution in [3.63, 3.8) is 0 Å². The Labute approximate surface area is 206 Å². The fourth-order valence-electron chi connectivity index (χ4n) is 3.61. The van der Waals surface area contributed by atoms with Crippen LogP contribution in [0.5, 0.6) is 17.5 Å². The van der Waals surface area contributed by atoms with Gasteiger partial charge in [-0.3, -0.25) is 18.9 Å². The van der Waals surface area contributed by atoms with E-state index in [1.807, 2.05) is 0 Å². The van der Waals surface area contributed by atoms with Crippen LogP contribution < -0.4 is 20.7 Å². The molecule has 36 heavy (non-hydrogen) atoms. The maximum Gasteiger partial charge on any atom is 0.573 e. The van der Waals surface area contributed by atoms with Gasteiger partial charge in [0.25, 0.3) is 5.56 Å². The number of H-pyrrole nitrogens is 1. The van der Waals surface area contributed by atoms with Gasteiger partial charge < -0.3 is 14.6 Å². The Balaban J connectivity index is 1.65. The van der Waals surface area contributed by atoms with Gasteiger partial charge in [-0.05, 0) is 42.7 Å². The first-order valence-electron chi connectivity index (χ1n) is 10.7. The molecule has 1 atom stereocenters. The number of ether oxygens (including phenoxy) is 2. The molecule has 0 fully saturated rings. The minimum atomic E-state index is -4.89. The van der Waals surface area contributed by atoms with Gasteiger partial charge in [-0.1, -0.05) is 29.8 Å². The maximum absolute atomic E-state index is 12.6. The van der Waals surface area contributed by atoms with Gasteiger partial charge in [-0.2, -0.15) is 4.98 Å². The normalized spacial score (nSPS) is 12.6. The highest BCUT2D eigenvalue weighted by Crippen LogP contribution is 2.30. The fraction of sp³-hybridized carbons (Fsp3) is 0.261. The zero-order valence-corrected chi connectivity index (χ0v) is 19.5. The molecule has 4 aromatic rings. The molecule has 1 unspecified atom stereocenters. The monoisotopic (exact) mass is 524 g/mol. The molecule has 0 saturated heterocycles. The first kappa shape index (κ1) is 25.3. The zero-order chi connectivity index (χ0) is 26.0. The van der Waals surface area contributed by atoms with Crippen molar-refractivity contribution in [3.05, 3.63) is 80.0 Å². The highest BCUT2D eigenvalue weighted by molar-refractivity contribution is 6.30. The highest BCUT2D eigenvalue weighted by atomic mass is 35.5. The number of nitrogens with zero attached hydrogens (tertiary/aromatic N) is 3. The molecule has 2 aromatic carbocycles. The average Bonchev–Trinajstić information content (AvgIpc) is 3.15. The van der Waals surface area contributed by atoms with Crippen LogP contribution in [0.15, 0.2) is 58.1 Å². The molecule has 0 amide bonds. The molecule has 2 aromatic heterocycles. The first-order valence-corrected chi connectivity index (χ1v) is 11.0.